The van der Waals surface area contributed by atoms with Gasteiger partial charge in [0.05, 0.1) is 11.5 Å². The van der Waals surface area contributed by atoms with Crippen molar-refractivity contribution in [2.24, 2.45) is 0 Å². The van der Waals surface area contributed by atoms with Crippen LogP contribution in [0.1, 0.15) is 23.6 Å². The first-order valence-electron chi connectivity index (χ1n) is 13.4. The van der Waals surface area contributed by atoms with Gasteiger partial charge in [-0.15, -0.1) is 0 Å². The van der Waals surface area contributed by atoms with E-state index in [4.69, 9.17) is 14.1 Å². The Morgan fingerprint density at radius 3 is 2.45 bits per heavy atom. The van der Waals surface area contributed by atoms with Gasteiger partial charge in [0.1, 0.15) is 35.5 Å². The van der Waals surface area contributed by atoms with E-state index in [1.54, 1.807) is 18.2 Å². The van der Waals surface area contributed by atoms with Gasteiger partial charge in [0.25, 0.3) is 0 Å². The van der Waals surface area contributed by atoms with E-state index in [2.05, 4.69) is 31.6 Å². The van der Waals surface area contributed by atoms with E-state index in [-0.39, 0.29) is 36.9 Å². The average molecular weight is 663 g/mol. The largest absolute Gasteiger partial charge is 0.488 e. The molecule has 1 aromatic heterocycles. The standard InChI is InChI=1S/C31H27BrN4O8/c1-31(18-37,30(38)39)33-15-22-13-26(36(40)41)28(14-27(22)42-16-19-10-11-24-25(12-19)35-44-34-24)43-17-21-8-5-9-23(29(21)32)20-6-3-2-4-7-20/h2-14,33,37H,15-18H2,1H3,(H,38,39). The summed E-state index contributed by atoms with van der Waals surface area (Å²) in [5, 5.41) is 41.8. The topological polar surface area (TPSA) is 170 Å². The molecule has 0 saturated carbocycles. The number of nitro benzene ring substituents is 1. The number of nitro groups is 1. The summed E-state index contributed by atoms with van der Waals surface area (Å²) in [4.78, 5) is 23.3. The van der Waals surface area contributed by atoms with Gasteiger partial charge in [-0.2, -0.15) is 0 Å². The number of aliphatic carboxylic acids is 1. The van der Waals surface area contributed by atoms with E-state index in [1.165, 1.54) is 19.1 Å². The fourth-order valence-corrected chi connectivity index (χ4v) is 4.99. The second-order valence-corrected chi connectivity index (χ2v) is 10.9. The molecule has 0 spiro atoms. The number of benzene rings is 4. The Morgan fingerprint density at radius 1 is 0.977 bits per heavy atom. The number of nitrogens with zero attached hydrogens (tertiary/aromatic N) is 3. The number of aromatic nitrogens is 2. The maximum Gasteiger partial charge on any atom is 0.326 e. The van der Waals surface area contributed by atoms with Crippen LogP contribution in [0.4, 0.5) is 5.69 Å². The second kappa shape index (κ2) is 13.2. The quantitative estimate of drug-likeness (QED) is 0.105. The van der Waals surface area contributed by atoms with Crippen molar-refractivity contribution in [1.82, 2.24) is 15.6 Å². The number of halogens is 1. The van der Waals surface area contributed by atoms with Gasteiger partial charge in [0.15, 0.2) is 0 Å². The van der Waals surface area contributed by atoms with Crippen LogP contribution in [0, 0.1) is 10.1 Å². The van der Waals surface area contributed by atoms with Gasteiger partial charge in [-0.3, -0.25) is 20.2 Å². The Hall–Kier alpha value is -4.85. The van der Waals surface area contributed by atoms with E-state index in [1.807, 2.05) is 48.5 Å². The summed E-state index contributed by atoms with van der Waals surface area (Å²) in [6.07, 6.45) is 0. The number of aliphatic hydroxyl groups is 1. The van der Waals surface area contributed by atoms with Crippen LogP contribution < -0.4 is 14.8 Å². The lowest BCUT2D eigenvalue weighted by molar-refractivity contribution is -0.386. The van der Waals surface area contributed by atoms with Crippen LogP contribution in [0.3, 0.4) is 0 Å². The third-order valence-electron chi connectivity index (χ3n) is 7.06. The first-order valence-corrected chi connectivity index (χ1v) is 14.2. The summed E-state index contributed by atoms with van der Waals surface area (Å²) in [5.74, 6) is -1.10. The molecule has 1 atom stereocenters. The monoisotopic (exact) mass is 662 g/mol. The summed E-state index contributed by atoms with van der Waals surface area (Å²) >= 11 is 3.66. The summed E-state index contributed by atoms with van der Waals surface area (Å²) < 4.78 is 17.7. The van der Waals surface area contributed by atoms with E-state index in [9.17, 15) is 25.1 Å². The maximum atomic E-state index is 12.1. The molecule has 0 radical (unpaired) electrons. The van der Waals surface area contributed by atoms with Crippen molar-refractivity contribution in [1.29, 1.82) is 0 Å². The highest BCUT2D eigenvalue weighted by Gasteiger charge is 2.32. The van der Waals surface area contributed by atoms with Gasteiger partial charge in [-0.1, -0.05) is 54.6 Å². The lowest BCUT2D eigenvalue weighted by Gasteiger charge is -2.24. The number of aliphatic hydroxyl groups excluding tert-OH is 1. The van der Waals surface area contributed by atoms with Crippen LogP contribution in [0.5, 0.6) is 11.5 Å². The molecule has 0 aliphatic heterocycles. The molecule has 0 amide bonds. The zero-order chi connectivity index (χ0) is 31.3. The fraction of sp³-hybridized carbons (Fsp3) is 0.194. The van der Waals surface area contributed by atoms with Crippen molar-refractivity contribution in [3.8, 4) is 22.6 Å². The first-order chi connectivity index (χ1) is 21.2. The van der Waals surface area contributed by atoms with E-state index in [0.717, 1.165) is 26.7 Å². The smallest absolute Gasteiger partial charge is 0.326 e. The second-order valence-electron chi connectivity index (χ2n) is 10.1. The molecule has 0 aliphatic rings. The molecule has 5 aromatic rings. The van der Waals surface area contributed by atoms with E-state index < -0.39 is 23.0 Å². The van der Waals surface area contributed by atoms with E-state index in [0.29, 0.717) is 16.6 Å². The van der Waals surface area contributed by atoms with Crippen molar-refractivity contribution in [2.75, 3.05) is 6.61 Å². The summed E-state index contributed by atoms with van der Waals surface area (Å²) in [7, 11) is 0. The van der Waals surface area contributed by atoms with Gasteiger partial charge in [0.2, 0.25) is 5.75 Å². The number of fused-ring (bicyclic) bond motifs is 1. The highest BCUT2D eigenvalue weighted by atomic mass is 79.9. The summed E-state index contributed by atoms with van der Waals surface area (Å²) in [6, 6.07) is 23.4. The third-order valence-corrected chi connectivity index (χ3v) is 7.99. The van der Waals surface area contributed by atoms with Gasteiger partial charge in [-0.25, -0.2) is 4.63 Å². The van der Waals surface area contributed by atoms with Gasteiger partial charge < -0.3 is 19.7 Å². The lowest BCUT2D eigenvalue weighted by atomic mass is 10.0. The van der Waals surface area contributed by atoms with Crippen molar-refractivity contribution >= 4 is 38.6 Å². The van der Waals surface area contributed by atoms with Crippen LogP contribution in [0.15, 0.2) is 88.0 Å². The predicted octanol–water partition coefficient (Wildman–Crippen LogP) is 5.64. The Kier molecular flexibility index (Phi) is 9.18. The van der Waals surface area contributed by atoms with E-state index >= 15 is 0 Å². The maximum absolute atomic E-state index is 12.1. The molecule has 4 aromatic carbocycles. The molecule has 0 saturated heterocycles. The lowest BCUT2D eigenvalue weighted by Crippen LogP contribution is -2.52. The number of hydrogen-bond donors (Lipinski definition) is 3. The van der Waals surface area contributed by atoms with Crippen molar-refractivity contribution < 1.29 is 34.0 Å². The zero-order valence-electron chi connectivity index (χ0n) is 23.4. The van der Waals surface area contributed by atoms with Crippen molar-refractivity contribution in [3.63, 3.8) is 0 Å². The van der Waals surface area contributed by atoms with Gasteiger partial charge in [-0.05, 0) is 62.0 Å². The SMILES string of the molecule is CC(CO)(NCc1cc([N+](=O)[O-])c(OCc2cccc(-c3ccccc3)c2Br)cc1OCc1ccc2nonc2c1)C(=O)O. The fourth-order valence-electron chi connectivity index (χ4n) is 4.38. The third kappa shape index (κ3) is 6.70. The molecule has 12 nitrogen and oxygen atoms in total. The Bertz CT molecular complexity index is 1810. The average Bonchev–Trinajstić information content (AvgIpc) is 3.50. The summed E-state index contributed by atoms with van der Waals surface area (Å²) in [5.41, 5.74) is 2.80. The minimum atomic E-state index is -1.69. The van der Waals surface area contributed by atoms with Crippen molar-refractivity contribution in [3.05, 3.63) is 110 Å². The van der Waals surface area contributed by atoms with Crippen LogP contribution in [0.25, 0.3) is 22.2 Å². The highest BCUT2D eigenvalue weighted by molar-refractivity contribution is 9.10. The zero-order valence-corrected chi connectivity index (χ0v) is 25.0. The number of ether oxygens (including phenoxy) is 2. The molecule has 3 N–H and O–H groups in total. The highest BCUT2D eigenvalue weighted by Crippen LogP contribution is 2.37. The number of rotatable bonds is 13. The normalized spacial score (nSPS) is 12.5. The number of carbonyl (C=O) groups is 1. The number of carboxylic acids is 1. The molecule has 1 heterocycles. The molecular weight excluding hydrogens is 636 g/mol. The van der Waals surface area contributed by atoms with Crippen LogP contribution in [0.2, 0.25) is 0 Å². The molecule has 44 heavy (non-hydrogen) atoms. The molecule has 0 bridgehead atoms. The Morgan fingerprint density at radius 2 is 1.73 bits per heavy atom. The number of carboxylic acid groups (broad SMARTS) is 1. The van der Waals surface area contributed by atoms with Crippen LogP contribution in [-0.4, -0.2) is 43.6 Å². The Balaban J connectivity index is 1.46. The molecule has 1 unspecified atom stereocenters. The minimum absolute atomic E-state index is 0.0105. The van der Waals surface area contributed by atoms with Crippen LogP contribution >= 0.6 is 15.9 Å². The number of nitrogens with one attached hydrogen (secondary N) is 1. The molecule has 13 heteroatoms. The van der Waals surface area contributed by atoms with Crippen molar-refractivity contribution in [2.45, 2.75) is 32.2 Å². The first kappa shape index (κ1) is 30.6. The minimum Gasteiger partial charge on any atom is -0.488 e. The molecule has 5 rings (SSSR count). The predicted molar refractivity (Wildman–Crippen MR) is 163 cm³/mol. The Labute approximate surface area is 259 Å². The summed E-state index contributed by atoms with van der Waals surface area (Å²) in [6.45, 7) is 0.510. The molecule has 226 valence electrons. The van der Waals surface area contributed by atoms with Crippen LogP contribution in [-0.2, 0) is 24.6 Å². The molecular formula is C31H27BrN4O8. The molecule has 0 fully saturated rings. The van der Waals surface area contributed by atoms with Gasteiger partial charge >= 0.3 is 11.7 Å². The number of hydrogen-bond acceptors (Lipinski definition) is 10. The molecule has 0 aliphatic carbocycles. The van der Waals surface area contributed by atoms with Gasteiger partial charge in [0, 0.05) is 34.3 Å².